The number of nitrogens with zero attached hydrogens (tertiary/aromatic N) is 3. The lowest BCUT2D eigenvalue weighted by Gasteiger charge is -2.14. The maximum atomic E-state index is 5.35. The maximum Gasteiger partial charge on any atom is 0.164 e. The van der Waals surface area contributed by atoms with E-state index in [0.29, 0.717) is 17.5 Å². The Morgan fingerprint density at radius 1 is 0.213 bits per heavy atom. The summed E-state index contributed by atoms with van der Waals surface area (Å²) in [7, 11) is 0. The van der Waals surface area contributed by atoms with Crippen LogP contribution in [0.25, 0.3) is 110 Å². The zero-order valence-electron chi connectivity index (χ0n) is 33.1. The van der Waals surface area contributed by atoms with Gasteiger partial charge in [-0.15, -0.1) is 11.3 Å². The van der Waals surface area contributed by atoms with Gasteiger partial charge in [-0.1, -0.05) is 170 Å². The number of hydrogen-bond donors (Lipinski definition) is 0. The highest BCUT2D eigenvalue weighted by Crippen LogP contribution is 2.40. The first-order chi connectivity index (χ1) is 30.2. The second kappa shape index (κ2) is 15.8. The first kappa shape index (κ1) is 36.3. The summed E-state index contributed by atoms with van der Waals surface area (Å²) < 4.78 is 2.44. The van der Waals surface area contributed by atoms with E-state index in [2.05, 4.69) is 224 Å². The van der Waals surface area contributed by atoms with Crippen molar-refractivity contribution >= 4 is 31.5 Å². The molecule has 0 saturated heterocycles. The van der Waals surface area contributed by atoms with Crippen molar-refractivity contribution in [1.82, 2.24) is 15.0 Å². The molecule has 0 spiro atoms. The topological polar surface area (TPSA) is 38.7 Å². The molecule has 0 bridgehead atoms. The molecular formula is C57H37N3S. The van der Waals surface area contributed by atoms with Gasteiger partial charge in [-0.25, -0.2) is 15.0 Å². The van der Waals surface area contributed by atoms with Crippen molar-refractivity contribution in [3.05, 3.63) is 224 Å². The van der Waals surface area contributed by atoms with Crippen molar-refractivity contribution in [3.8, 4) is 89.8 Å². The van der Waals surface area contributed by atoms with Crippen molar-refractivity contribution in [3.63, 3.8) is 0 Å². The quantitative estimate of drug-likeness (QED) is 0.154. The molecule has 286 valence electrons. The van der Waals surface area contributed by atoms with Crippen LogP contribution in [-0.4, -0.2) is 15.0 Å². The molecule has 0 saturated carbocycles. The lowest BCUT2D eigenvalue weighted by Crippen LogP contribution is -2.01. The van der Waals surface area contributed by atoms with Crippen LogP contribution in [0.3, 0.4) is 0 Å². The van der Waals surface area contributed by atoms with Gasteiger partial charge in [0.2, 0.25) is 0 Å². The second-order valence-corrected chi connectivity index (χ2v) is 16.3. The number of aromatic nitrogens is 3. The molecule has 61 heavy (non-hydrogen) atoms. The largest absolute Gasteiger partial charge is 0.208 e. The third kappa shape index (κ3) is 7.31. The van der Waals surface area contributed by atoms with Gasteiger partial charge in [0.15, 0.2) is 17.5 Å². The average Bonchev–Trinajstić information content (AvgIpc) is 3.72. The van der Waals surface area contributed by atoms with Gasteiger partial charge >= 0.3 is 0 Å². The molecule has 0 aliphatic rings. The highest BCUT2D eigenvalue weighted by Gasteiger charge is 2.18. The van der Waals surface area contributed by atoms with Crippen LogP contribution in [0.2, 0.25) is 0 Å². The molecule has 0 aliphatic heterocycles. The third-order valence-corrected chi connectivity index (χ3v) is 12.4. The number of thiophene rings is 1. The lowest BCUT2D eigenvalue weighted by atomic mass is 9.95. The normalized spacial score (nSPS) is 11.3. The molecule has 0 N–H and O–H groups in total. The van der Waals surface area contributed by atoms with E-state index in [4.69, 9.17) is 15.0 Å². The van der Waals surface area contributed by atoms with Crippen LogP contribution in [0, 0.1) is 0 Å². The predicted octanol–water partition coefficient (Wildman–Crippen LogP) is 15.6. The summed E-state index contributed by atoms with van der Waals surface area (Å²) >= 11 is 1.80. The van der Waals surface area contributed by atoms with Gasteiger partial charge in [0.1, 0.15) is 0 Å². The van der Waals surface area contributed by atoms with Crippen molar-refractivity contribution in [2.75, 3.05) is 0 Å². The van der Waals surface area contributed by atoms with E-state index in [0.717, 1.165) is 61.2 Å². The van der Waals surface area contributed by atoms with Crippen molar-refractivity contribution in [1.29, 1.82) is 0 Å². The SMILES string of the molecule is c1ccc(-c2cc(-c3ccccc3)cc(-c3nc(-c4cc(-c5ccccc5)cc(-c5ccccc5)c4)nc(-c4ccc5c(c4)sc4ccc(-c6ccccc6)cc45)n3)c2)cc1. The van der Waals surface area contributed by atoms with E-state index in [1.165, 1.54) is 31.3 Å². The maximum absolute atomic E-state index is 5.35. The second-order valence-electron chi connectivity index (χ2n) is 15.3. The van der Waals surface area contributed by atoms with Crippen molar-refractivity contribution in [2.24, 2.45) is 0 Å². The van der Waals surface area contributed by atoms with Gasteiger partial charge in [0.25, 0.3) is 0 Å². The van der Waals surface area contributed by atoms with Gasteiger partial charge in [-0.05, 0) is 110 Å². The monoisotopic (exact) mass is 795 g/mol. The number of fused-ring (bicyclic) bond motifs is 3. The number of rotatable bonds is 8. The van der Waals surface area contributed by atoms with E-state index in [1.807, 2.05) is 0 Å². The van der Waals surface area contributed by atoms with E-state index in [1.54, 1.807) is 11.3 Å². The van der Waals surface area contributed by atoms with Crippen LogP contribution in [-0.2, 0) is 0 Å². The minimum Gasteiger partial charge on any atom is -0.208 e. The van der Waals surface area contributed by atoms with Crippen molar-refractivity contribution in [2.45, 2.75) is 0 Å². The van der Waals surface area contributed by atoms with E-state index in [9.17, 15) is 0 Å². The molecule has 3 nitrogen and oxygen atoms in total. The number of hydrogen-bond acceptors (Lipinski definition) is 4. The van der Waals surface area contributed by atoms with Gasteiger partial charge in [0.05, 0.1) is 0 Å². The van der Waals surface area contributed by atoms with E-state index < -0.39 is 0 Å². The molecule has 0 fully saturated rings. The molecule has 9 aromatic carbocycles. The van der Waals surface area contributed by atoms with Gasteiger partial charge in [-0.3, -0.25) is 0 Å². The molecule has 11 rings (SSSR count). The van der Waals surface area contributed by atoms with Crippen LogP contribution in [0.1, 0.15) is 0 Å². The highest BCUT2D eigenvalue weighted by atomic mass is 32.1. The zero-order valence-corrected chi connectivity index (χ0v) is 33.9. The van der Waals surface area contributed by atoms with E-state index >= 15 is 0 Å². The highest BCUT2D eigenvalue weighted by molar-refractivity contribution is 7.25. The fourth-order valence-electron chi connectivity index (χ4n) is 8.19. The molecule has 0 atom stereocenters. The molecule has 2 aromatic heterocycles. The summed E-state index contributed by atoms with van der Waals surface area (Å²) in [5.74, 6) is 1.86. The molecule has 0 amide bonds. The summed E-state index contributed by atoms with van der Waals surface area (Å²) in [6.45, 7) is 0. The minimum absolute atomic E-state index is 0.616. The average molecular weight is 796 g/mol. The van der Waals surface area contributed by atoms with Crippen LogP contribution in [0.15, 0.2) is 224 Å². The lowest BCUT2D eigenvalue weighted by molar-refractivity contribution is 1.07. The van der Waals surface area contributed by atoms with Crippen LogP contribution in [0.4, 0.5) is 0 Å². The van der Waals surface area contributed by atoms with Crippen molar-refractivity contribution < 1.29 is 0 Å². The Hall–Kier alpha value is -7.79. The minimum atomic E-state index is 0.616. The molecule has 4 heteroatoms. The Balaban J connectivity index is 1.13. The van der Waals surface area contributed by atoms with Crippen LogP contribution in [0.5, 0.6) is 0 Å². The standard InChI is InChI=1S/C57H37N3S/c1-6-16-38(17-7-1)43-27-29-53-52(36-43)51-28-26-44(37-54(51)61-53)55-58-56(49-32-45(39-18-8-2-9-19-39)30-46(33-49)40-20-10-3-11-21-40)60-57(59-55)50-34-47(41-22-12-4-13-23-41)31-48(35-50)42-24-14-5-15-25-42/h1-37H. The molecule has 0 unspecified atom stereocenters. The Morgan fingerprint density at radius 3 is 0.967 bits per heavy atom. The molecule has 0 aliphatic carbocycles. The smallest absolute Gasteiger partial charge is 0.164 e. The zero-order chi connectivity index (χ0) is 40.5. The molecule has 0 radical (unpaired) electrons. The summed E-state index contributed by atoms with van der Waals surface area (Å²) in [5, 5.41) is 2.48. The molecule has 11 aromatic rings. The third-order valence-electron chi connectivity index (χ3n) is 11.3. The van der Waals surface area contributed by atoms with Gasteiger partial charge in [0, 0.05) is 36.9 Å². The van der Waals surface area contributed by atoms with Crippen LogP contribution >= 0.6 is 11.3 Å². The number of benzene rings is 9. The van der Waals surface area contributed by atoms with Gasteiger partial charge < -0.3 is 0 Å². The fourth-order valence-corrected chi connectivity index (χ4v) is 9.32. The Morgan fingerprint density at radius 2 is 0.557 bits per heavy atom. The predicted molar refractivity (Wildman–Crippen MR) is 256 cm³/mol. The molecular weight excluding hydrogens is 759 g/mol. The summed E-state index contributed by atoms with van der Waals surface area (Å²) in [6, 6.07) is 79.5. The van der Waals surface area contributed by atoms with E-state index in [-0.39, 0.29) is 0 Å². The summed E-state index contributed by atoms with van der Waals surface area (Å²) in [4.78, 5) is 16.0. The van der Waals surface area contributed by atoms with Crippen LogP contribution < -0.4 is 0 Å². The fraction of sp³-hybridized carbons (Fsp3) is 0. The first-order valence-corrected chi connectivity index (χ1v) is 21.3. The van der Waals surface area contributed by atoms with Gasteiger partial charge in [-0.2, -0.15) is 0 Å². The Bertz CT molecular complexity index is 3070. The summed E-state index contributed by atoms with van der Waals surface area (Å²) in [5.41, 5.74) is 14.1. The molecule has 2 heterocycles. The Labute approximate surface area is 359 Å². The first-order valence-electron chi connectivity index (χ1n) is 20.5. The Kier molecular flexibility index (Phi) is 9.38. The summed E-state index contributed by atoms with van der Waals surface area (Å²) in [6.07, 6.45) is 0.